The number of phenolic OH excluding ortho intramolecular Hbond substituents is 1. The molecule has 0 saturated carbocycles. The number of hydrogen-bond donors (Lipinski definition) is 1. The zero-order valence-electron chi connectivity index (χ0n) is 8.04. The summed E-state index contributed by atoms with van der Waals surface area (Å²) in [6, 6.07) is 3.26. The van der Waals surface area contributed by atoms with Crippen LogP contribution in [0.1, 0.15) is 29.3 Å². The Labute approximate surface area is 82.3 Å². The van der Waals surface area contributed by atoms with E-state index in [1.807, 2.05) is 0 Å². The Morgan fingerprint density at radius 3 is 3.00 bits per heavy atom. The maximum Gasteiger partial charge on any atom is 0.163 e. The normalized spacial score (nSPS) is 14.4. The van der Waals surface area contributed by atoms with E-state index in [1.165, 1.54) is 13.0 Å². The molecule has 3 nitrogen and oxygen atoms in total. The fraction of sp³-hybridized carbons (Fsp3) is 0.364. The third kappa shape index (κ3) is 1.45. The van der Waals surface area contributed by atoms with Crippen LogP contribution in [0.25, 0.3) is 0 Å². The molecule has 2 rings (SSSR count). The van der Waals surface area contributed by atoms with E-state index in [1.54, 1.807) is 6.07 Å². The summed E-state index contributed by atoms with van der Waals surface area (Å²) in [7, 11) is 0. The van der Waals surface area contributed by atoms with E-state index < -0.39 is 0 Å². The first-order valence-corrected chi connectivity index (χ1v) is 4.68. The van der Waals surface area contributed by atoms with Crippen LogP contribution >= 0.6 is 0 Å². The first-order valence-electron chi connectivity index (χ1n) is 4.68. The molecular weight excluding hydrogens is 180 g/mol. The Hall–Kier alpha value is -1.51. The van der Waals surface area contributed by atoms with Crippen LogP contribution in [-0.4, -0.2) is 17.5 Å². The van der Waals surface area contributed by atoms with Gasteiger partial charge in [0.2, 0.25) is 0 Å². The second-order valence-corrected chi connectivity index (χ2v) is 3.49. The van der Waals surface area contributed by atoms with E-state index in [9.17, 15) is 9.90 Å². The van der Waals surface area contributed by atoms with Gasteiger partial charge in [0.15, 0.2) is 5.78 Å². The number of benzene rings is 1. The van der Waals surface area contributed by atoms with E-state index in [2.05, 4.69) is 0 Å². The van der Waals surface area contributed by atoms with Crippen LogP contribution in [0.2, 0.25) is 0 Å². The van der Waals surface area contributed by atoms with Crippen molar-refractivity contribution < 1.29 is 14.6 Å². The molecule has 0 atom stereocenters. The van der Waals surface area contributed by atoms with Gasteiger partial charge in [-0.2, -0.15) is 0 Å². The van der Waals surface area contributed by atoms with Gasteiger partial charge >= 0.3 is 0 Å². The number of carbonyl (C=O) groups is 1. The van der Waals surface area contributed by atoms with Gasteiger partial charge < -0.3 is 9.84 Å². The monoisotopic (exact) mass is 192 g/mol. The molecule has 0 fully saturated rings. The lowest BCUT2D eigenvalue weighted by atomic mass is 10.0. The molecule has 0 radical (unpaired) electrons. The molecule has 1 aromatic carbocycles. The number of hydrogen-bond acceptors (Lipinski definition) is 3. The molecule has 14 heavy (non-hydrogen) atoms. The Morgan fingerprint density at radius 2 is 2.29 bits per heavy atom. The van der Waals surface area contributed by atoms with Crippen LogP contribution in [0, 0.1) is 0 Å². The van der Waals surface area contributed by atoms with Crippen LogP contribution in [0.5, 0.6) is 11.5 Å². The smallest absolute Gasteiger partial charge is 0.163 e. The third-order valence-corrected chi connectivity index (χ3v) is 2.41. The summed E-state index contributed by atoms with van der Waals surface area (Å²) < 4.78 is 5.37. The van der Waals surface area contributed by atoms with E-state index in [0.717, 1.165) is 18.4 Å². The topological polar surface area (TPSA) is 46.5 Å². The fourth-order valence-electron chi connectivity index (χ4n) is 1.67. The molecule has 1 aromatic rings. The number of aromatic hydroxyl groups is 1. The zero-order valence-corrected chi connectivity index (χ0v) is 8.04. The van der Waals surface area contributed by atoms with Crippen LogP contribution in [0.4, 0.5) is 0 Å². The molecule has 1 heterocycles. The number of rotatable bonds is 1. The number of carbonyl (C=O) groups excluding carboxylic acids is 1. The molecule has 0 aromatic heterocycles. The Morgan fingerprint density at radius 1 is 1.50 bits per heavy atom. The summed E-state index contributed by atoms with van der Waals surface area (Å²) in [5.41, 5.74) is 1.40. The third-order valence-electron chi connectivity index (χ3n) is 2.41. The van der Waals surface area contributed by atoms with Crippen molar-refractivity contribution in [3.05, 3.63) is 23.3 Å². The highest BCUT2D eigenvalue weighted by Gasteiger charge is 2.15. The largest absolute Gasteiger partial charge is 0.507 e. The predicted molar refractivity (Wildman–Crippen MR) is 51.9 cm³/mol. The summed E-state index contributed by atoms with van der Waals surface area (Å²) in [6.07, 6.45) is 1.88. The maximum atomic E-state index is 11.2. The van der Waals surface area contributed by atoms with Crippen molar-refractivity contribution >= 4 is 5.78 Å². The van der Waals surface area contributed by atoms with Gasteiger partial charge in [0.05, 0.1) is 12.2 Å². The minimum absolute atomic E-state index is 0.0122. The van der Waals surface area contributed by atoms with Gasteiger partial charge in [-0.3, -0.25) is 4.79 Å². The van der Waals surface area contributed by atoms with Crippen molar-refractivity contribution in [3.8, 4) is 11.5 Å². The molecule has 0 aliphatic carbocycles. The number of aryl methyl sites for hydroxylation is 1. The molecule has 1 aliphatic heterocycles. The number of phenols is 1. The summed E-state index contributed by atoms with van der Waals surface area (Å²) >= 11 is 0. The summed E-state index contributed by atoms with van der Waals surface area (Å²) in [5, 5.41) is 9.54. The highest BCUT2D eigenvalue weighted by molar-refractivity contribution is 5.97. The standard InChI is InChI=1S/C11H12O3/c1-7(12)9-5-8-3-2-4-14-11(8)6-10(9)13/h5-6,13H,2-4H2,1H3. The van der Waals surface area contributed by atoms with Crippen LogP contribution in [0.15, 0.2) is 12.1 Å². The van der Waals surface area contributed by atoms with Gasteiger partial charge in [-0.05, 0) is 31.4 Å². The molecule has 3 heteroatoms. The van der Waals surface area contributed by atoms with Crippen molar-refractivity contribution in [2.45, 2.75) is 19.8 Å². The Kier molecular flexibility index (Phi) is 2.15. The Bertz CT molecular complexity index is 382. The van der Waals surface area contributed by atoms with Gasteiger partial charge in [-0.1, -0.05) is 0 Å². The molecule has 74 valence electrons. The first-order chi connectivity index (χ1) is 6.68. The van der Waals surface area contributed by atoms with Crippen LogP contribution < -0.4 is 4.74 Å². The quantitative estimate of drug-likeness (QED) is 0.691. The highest BCUT2D eigenvalue weighted by atomic mass is 16.5. The van der Waals surface area contributed by atoms with Crippen LogP contribution in [-0.2, 0) is 6.42 Å². The van der Waals surface area contributed by atoms with E-state index in [4.69, 9.17) is 4.74 Å². The Balaban J connectivity index is 2.50. The van der Waals surface area contributed by atoms with Crippen LogP contribution in [0.3, 0.4) is 0 Å². The lowest BCUT2D eigenvalue weighted by Gasteiger charge is -2.18. The van der Waals surface area contributed by atoms with E-state index >= 15 is 0 Å². The summed E-state index contributed by atoms with van der Waals surface area (Å²) in [4.78, 5) is 11.2. The van der Waals surface area contributed by atoms with E-state index in [-0.39, 0.29) is 11.5 Å². The lowest BCUT2D eigenvalue weighted by Crippen LogP contribution is -2.09. The van der Waals surface area contributed by atoms with Crippen molar-refractivity contribution in [2.75, 3.05) is 6.61 Å². The summed E-state index contributed by atoms with van der Waals surface area (Å²) in [6.45, 7) is 2.14. The minimum atomic E-state index is -0.115. The molecular formula is C11H12O3. The van der Waals surface area contributed by atoms with Crippen molar-refractivity contribution in [2.24, 2.45) is 0 Å². The first kappa shape index (κ1) is 9.06. The zero-order chi connectivity index (χ0) is 10.1. The number of ketones is 1. The number of ether oxygens (including phenoxy) is 1. The predicted octanol–water partition coefficient (Wildman–Crippen LogP) is 1.92. The highest BCUT2D eigenvalue weighted by Crippen LogP contribution is 2.31. The molecule has 0 bridgehead atoms. The molecule has 1 aliphatic rings. The van der Waals surface area contributed by atoms with E-state index in [0.29, 0.717) is 17.9 Å². The molecule has 0 spiro atoms. The fourth-order valence-corrected chi connectivity index (χ4v) is 1.67. The van der Waals surface area contributed by atoms with Gasteiger partial charge in [0.25, 0.3) is 0 Å². The number of Topliss-reactive ketones (excluding diaryl/α,β-unsaturated/α-hetero) is 1. The van der Waals surface area contributed by atoms with Gasteiger partial charge in [0, 0.05) is 6.07 Å². The molecule has 0 unspecified atom stereocenters. The van der Waals surface area contributed by atoms with Crippen molar-refractivity contribution in [1.82, 2.24) is 0 Å². The molecule has 0 amide bonds. The van der Waals surface area contributed by atoms with Gasteiger partial charge in [0.1, 0.15) is 11.5 Å². The maximum absolute atomic E-state index is 11.2. The summed E-state index contributed by atoms with van der Waals surface area (Å²) in [5.74, 6) is 0.604. The lowest BCUT2D eigenvalue weighted by molar-refractivity contribution is 0.101. The second-order valence-electron chi connectivity index (χ2n) is 3.49. The average molecular weight is 192 g/mol. The average Bonchev–Trinajstić information content (AvgIpc) is 2.16. The van der Waals surface area contributed by atoms with Crippen molar-refractivity contribution in [3.63, 3.8) is 0 Å². The van der Waals surface area contributed by atoms with Gasteiger partial charge in [-0.15, -0.1) is 0 Å². The molecule has 1 N–H and O–H groups in total. The minimum Gasteiger partial charge on any atom is -0.507 e. The van der Waals surface area contributed by atoms with Crippen molar-refractivity contribution in [1.29, 1.82) is 0 Å². The van der Waals surface area contributed by atoms with Gasteiger partial charge in [-0.25, -0.2) is 0 Å². The second kappa shape index (κ2) is 3.33. The molecule has 0 saturated heterocycles. The SMILES string of the molecule is CC(=O)c1cc2c(cc1O)OCCC2. The number of fused-ring (bicyclic) bond motifs is 1.